The minimum Gasteiger partial charge on any atom is -0.488 e. The zero-order chi connectivity index (χ0) is 22.0. The van der Waals surface area contributed by atoms with Crippen LogP contribution in [0.3, 0.4) is 0 Å². The molecule has 0 unspecified atom stereocenters. The minimum atomic E-state index is -0.382. The molecule has 0 saturated heterocycles. The predicted octanol–water partition coefficient (Wildman–Crippen LogP) is 6.45. The van der Waals surface area contributed by atoms with Crippen LogP contribution in [0.5, 0.6) is 17.2 Å². The topological polar surface area (TPSA) is 44.8 Å². The lowest BCUT2D eigenvalue weighted by Crippen LogP contribution is -2.25. The molecule has 0 heterocycles. The van der Waals surface area contributed by atoms with Gasteiger partial charge in [-0.25, -0.2) is 0 Å². The van der Waals surface area contributed by atoms with Crippen molar-refractivity contribution < 1.29 is 19.0 Å². The maximum atomic E-state index is 13.1. The molecule has 2 rings (SSSR count). The first-order valence-corrected chi connectivity index (χ1v) is 9.98. The van der Waals surface area contributed by atoms with Crippen molar-refractivity contribution in [1.82, 2.24) is 0 Å². The summed E-state index contributed by atoms with van der Waals surface area (Å²) in [6.45, 7) is 17.8. The van der Waals surface area contributed by atoms with Crippen LogP contribution in [0.25, 0.3) is 0 Å². The Morgan fingerprint density at radius 1 is 0.552 bits per heavy atom. The second-order valence-electron chi connectivity index (χ2n) is 10.2. The molecule has 0 atom stereocenters. The number of hydrogen-bond acceptors (Lipinski definition) is 4. The Labute approximate surface area is 175 Å². The first-order chi connectivity index (χ1) is 13.1. The molecule has 0 amide bonds. The highest BCUT2D eigenvalue weighted by Crippen LogP contribution is 2.30. The molecule has 2 aromatic rings. The smallest absolute Gasteiger partial charge is 0.193 e. The SMILES string of the molecule is CC(C)(C)Oc1ccc(C(=O)c2cc(OC(C)(C)C)cc(OC(C)(C)C)c2)cc1. The van der Waals surface area contributed by atoms with E-state index in [1.807, 2.05) is 80.5 Å². The second-order valence-corrected chi connectivity index (χ2v) is 10.2. The number of ether oxygens (including phenoxy) is 3. The first kappa shape index (κ1) is 22.8. The van der Waals surface area contributed by atoms with Crippen LogP contribution in [0, 0.1) is 0 Å². The van der Waals surface area contributed by atoms with E-state index in [4.69, 9.17) is 14.2 Å². The third kappa shape index (κ3) is 7.80. The second kappa shape index (κ2) is 8.10. The van der Waals surface area contributed by atoms with Gasteiger partial charge in [0.05, 0.1) is 0 Å². The summed E-state index contributed by atoms with van der Waals surface area (Å²) in [7, 11) is 0. The lowest BCUT2D eigenvalue weighted by atomic mass is 10.0. The largest absolute Gasteiger partial charge is 0.488 e. The standard InChI is InChI=1S/C25H34O4/c1-23(2,3)27-19-12-10-17(11-13-19)22(26)18-14-20(28-24(4,5)6)16-21(15-18)29-25(7,8)9/h10-16H,1-9H3. The molecular formula is C25H34O4. The van der Waals surface area contributed by atoms with Gasteiger partial charge < -0.3 is 14.2 Å². The van der Waals surface area contributed by atoms with E-state index < -0.39 is 0 Å². The number of ketones is 1. The summed E-state index contributed by atoms with van der Waals surface area (Å²) in [6, 6.07) is 12.6. The van der Waals surface area contributed by atoms with E-state index in [9.17, 15) is 4.79 Å². The third-order valence-electron chi connectivity index (χ3n) is 3.53. The van der Waals surface area contributed by atoms with Crippen LogP contribution in [0.4, 0.5) is 0 Å². The third-order valence-corrected chi connectivity index (χ3v) is 3.53. The van der Waals surface area contributed by atoms with E-state index in [1.165, 1.54) is 0 Å². The fourth-order valence-electron chi connectivity index (χ4n) is 2.72. The van der Waals surface area contributed by atoms with Gasteiger partial charge >= 0.3 is 0 Å². The Balaban J connectivity index is 2.36. The predicted molar refractivity (Wildman–Crippen MR) is 117 cm³/mol. The quantitative estimate of drug-likeness (QED) is 0.543. The summed E-state index contributed by atoms with van der Waals surface area (Å²) in [5.41, 5.74) is 0.0548. The maximum absolute atomic E-state index is 13.1. The molecule has 4 heteroatoms. The van der Waals surface area contributed by atoms with Crippen LogP contribution in [-0.4, -0.2) is 22.6 Å². The van der Waals surface area contributed by atoms with E-state index >= 15 is 0 Å². The van der Waals surface area contributed by atoms with Crippen molar-refractivity contribution in [2.45, 2.75) is 79.1 Å². The lowest BCUT2D eigenvalue weighted by Gasteiger charge is -2.25. The minimum absolute atomic E-state index is 0.0922. The van der Waals surface area contributed by atoms with E-state index in [0.29, 0.717) is 22.6 Å². The number of carbonyl (C=O) groups excluding carboxylic acids is 1. The molecule has 4 nitrogen and oxygen atoms in total. The molecule has 0 spiro atoms. The van der Waals surface area contributed by atoms with Crippen molar-refractivity contribution in [3.8, 4) is 17.2 Å². The molecule has 29 heavy (non-hydrogen) atoms. The number of carbonyl (C=O) groups is 1. The summed E-state index contributed by atoms with van der Waals surface area (Å²) >= 11 is 0. The van der Waals surface area contributed by atoms with Crippen molar-refractivity contribution in [3.05, 3.63) is 53.6 Å². The zero-order valence-electron chi connectivity index (χ0n) is 19.2. The lowest BCUT2D eigenvalue weighted by molar-refractivity contribution is 0.102. The summed E-state index contributed by atoms with van der Waals surface area (Å²) < 4.78 is 17.8. The summed E-state index contributed by atoms with van der Waals surface area (Å²) in [5.74, 6) is 1.85. The Morgan fingerprint density at radius 2 is 0.931 bits per heavy atom. The van der Waals surface area contributed by atoms with Gasteiger partial charge in [-0.15, -0.1) is 0 Å². The van der Waals surface area contributed by atoms with Gasteiger partial charge in [-0.3, -0.25) is 4.79 Å². The van der Waals surface area contributed by atoms with Gasteiger partial charge in [0.2, 0.25) is 0 Å². The van der Waals surface area contributed by atoms with E-state index in [-0.39, 0.29) is 22.6 Å². The molecule has 0 bridgehead atoms. The van der Waals surface area contributed by atoms with Crippen molar-refractivity contribution in [3.63, 3.8) is 0 Å². The average Bonchev–Trinajstić information content (AvgIpc) is 2.49. The van der Waals surface area contributed by atoms with Crippen LogP contribution in [-0.2, 0) is 0 Å². The molecule has 0 aliphatic heterocycles. The zero-order valence-corrected chi connectivity index (χ0v) is 19.2. The van der Waals surface area contributed by atoms with Crippen LogP contribution >= 0.6 is 0 Å². The molecule has 2 aromatic carbocycles. The van der Waals surface area contributed by atoms with Crippen molar-refractivity contribution in [2.24, 2.45) is 0 Å². The van der Waals surface area contributed by atoms with Gasteiger partial charge in [0.1, 0.15) is 34.1 Å². The van der Waals surface area contributed by atoms with Gasteiger partial charge in [0.25, 0.3) is 0 Å². The normalized spacial score (nSPS) is 12.4. The molecule has 0 aliphatic rings. The van der Waals surface area contributed by atoms with Crippen LogP contribution in [0.2, 0.25) is 0 Å². The fraction of sp³-hybridized carbons (Fsp3) is 0.480. The molecule has 0 radical (unpaired) electrons. The molecule has 0 aromatic heterocycles. The Bertz CT molecular complexity index is 810. The van der Waals surface area contributed by atoms with Crippen LogP contribution in [0.1, 0.15) is 78.2 Å². The summed E-state index contributed by atoms with van der Waals surface area (Å²) in [5, 5.41) is 0. The maximum Gasteiger partial charge on any atom is 0.193 e. The highest BCUT2D eigenvalue weighted by atomic mass is 16.5. The fourth-order valence-corrected chi connectivity index (χ4v) is 2.72. The number of rotatable bonds is 5. The van der Waals surface area contributed by atoms with Gasteiger partial charge in [-0.05, 0) is 98.7 Å². The molecule has 158 valence electrons. The Morgan fingerprint density at radius 3 is 1.31 bits per heavy atom. The number of hydrogen-bond donors (Lipinski definition) is 0. The highest BCUT2D eigenvalue weighted by molar-refractivity contribution is 6.09. The monoisotopic (exact) mass is 398 g/mol. The van der Waals surface area contributed by atoms with Gasteiger partial charge in [0, 0.05) is 17.2 Å². The Kier molecular flexibility index (Phi) is 6.36. The van der Waals surface area contributed by atoms with Crippen molar-refractivity contribution >= 4 is 5.78 Å². The van der Waals surface area contributed by atoms with Crippen LogP contribution < -0.4 is 14.2 Å². The van der Waals surface area contributed by atoms with Gasteiger partial charge in [0.15, 0.2) is 5.78 Å². The van der Waals surface area contributed by atoms with E-state index in [0.717, 1.165) is 5.75 Å². The molecule has 0 saturated carbocycles. The highest BCUT2D eigenvalue weighted by Gasteiger charge is 2.20. The first-order valence-electron chi connectivity index (χ1n) is 9.98. The molecule has 0 fully saturated rings. The summed E-state index contributed by atoms with van der Waals surface area (Å²) in [4.78, 5) is 13.1. The molecule has 0 aliphatic carbocycles. The van der Waals surface area contributed by atoms with Gasteiger partial charge in [-0.2, -0.15) is 0 Å². The number of benzene rings is 2. The Hall–Kier alpha value is -2.49. The van der Waals surface area contributed by atoms with Crippen molar-refractivity contribution in [1.29, 1.82) is 0 Å². The van der Waals surface area contributed by atoms with Gasteiger partial charge in [-0.1, -0.05) is 0 Å². The van der Waals surface area contributed by atoms with E-state index in [1.54, 1.807) is 24.3 Å². The van der Waals surface area contributed by atoms with Crippen molar-refractivity contribution in [2.75, 3.05) is 0 Å². The van der Waals surface area contributed by atoms with E-state index in [2.05, 4.69) is 0 Å². The molecular weight excluding hydrogens is 364 g/mol. The summed E-state index contributed by atoms with van der Waals surface area (Å²) in [6.07, 6.45) is 0. The molecule has 0 N–H and O–H groups in total. The average molecular weight is 399 g/mol. The van der Waals surface area contributed by atoms with Crippen LogP contribution in [0.15, 0.2) is 42.5 Å².